The maximum atomic E-state index is 6.12. The molecule has 6 nitrogen and oxygen atoms in total. The van der Waals surface area contributed by atoms with E-state index >= 15 is 0 Å². The van der Waals surface area contributed by atoms with Gasteiger partial charge in [0.15, 0.2) is 0 Å². The topological polar surface area (TPSA) is 75.8 Å². The molecule has 6 rings (SSSR count). The molecule has 0 unspecified atom stereocenters. The predicted molar refractivity (Wildman–Crippen MR) is 95.7 cm³/mol. The van der Waals surface area contributed by atoms with Gasteiger partial charge in [0, 0.05) is 33.4 Å². The van der Waals surface area contributed by atoms with Crippen LogP contribution in [0.4, 0.5) is 0 Å². The van der Waals surface area contributed by atoms with Gasteiger partial charge in [-0.05, 0) is 24.3 Å². The van der Waals surface area contributed by atoms with Crippen LogP contribution in [0, 0.1) is 0 Å². The van der Waals surface area contributed by atoms with Crippen molar-refractivity contribution in [3.63, 3.8) is 0 Å². The molecule has 4 heterocycles. The summed E-state index contributed by atoms with van der Waals surface area (Å²) in [4.78, 5) is 14.5. The van der Waals surface area contributed by atoms with Gasteiger partial charge < -0.3 is 19.4 Å². The van der Waals surface area contributed by atoms with Crippen molar-refractivity contribution in [1.82, 2.24) is 19.9 Å². The number of aromatic amines is 2. The molecule has 0 saturated carbocycles. The van der Waals surface area contributed by atoms with Crippen LogP contribution in [-0.4, -0.2) is 19.9 Å². The van der Waals surface area contributed by atoms with Crippen LogP contribution < -0.4 is 9.47 Å². The van der Waals surface area contributed by atoms with E-state index in [1.165, 1.54) is 0 Å². The van der Waals surface area contributed by atoms with E-state index in [0.717, 1.165) is 56.3 Å². The van der Waals surface area contributed by atoms with E-state index in [1.54, 1.807) is 12.7 Å². The number of ether oxygens (including phenoxy) is 2. The van der Waals surface area contributed by atoms with Crippen molar-refractivity contribution in [3.8, 4) is 45.1 Å². The Bertz CT molecular complexity index is 989. The van der Waals surface area contributed by atoms with Gasteiger partial charge in [-0.3, -0.25) is 0 Å². The van der Waals surface area contributed by atoms with Crippen LogP contribution in [0.15, 0.2) is 49.3 Å². The molecular formula is C20H14N4O2. The molecule has 0 atom stereocenters. The molecule has 2 N–H and O–H groups in total. The van der Waals surface area contributed by atoms with Crippen LogP contribution in [0.2, 0.25) is 0 Å². The quantitative estimate of drug-likeness (QED) is 0.579. The van der Waals surface area contributed by atoms with Crippen LogP contribution in [0.1, 0.15) is 11.1 Å². The fourth-order valence-corrected chi connectivity index (χ4v) is 3.82. The first-order valence-electron chi connectivity index (χ1n) is 8.44. The summed E-state index contributed by atoms with van der Waals surface area (Å²) in [5.41, 5.74) is 8.61. The van der Waals surface area contributed by atoms with Crippen LogP contribution in [-0.2, 0) is 13.2 Å². The number of hydrogen-bond acceptors (Lipinski definition) is 4. The maximum Gasteiger partial charge on any atom is 0.128 e. The number of benzene rings is 2. The van der Waals surface area contributed by atoms with E-state index in [0.29, 0.717) is 13.2 Å². The van der Waals surface area contributed by atoms with E-state index in [4.69, 9.17) is 9.47 Å². The number of nitrogens with one attached hydrogen (secondary N) is 2. The second-order valence-electron chi connectivity index (χ2n) is 6.52. The summed E-state index contributed by atoms with van der Waals surface area (Å²) in [5.74, 6) is 1.80. The van der Waals surface area contributed by atoms with Gasteiger partial charge in [-0.15, -0.1) is 0 Å². The molecule has 0 amide bonds. The number of hydrogen-bond donors (Lipinski definition) is 2. The van der Waals surface area contributed by atoms with Crippen LogP contribution in [0.5, 0.6) is 11.5 Å². The van der Waals surface area contributed by atoms with Gasteiger partial charge in [0.1, 0.15) is 24.7 Å². The molecular weight excluding hydrogens is 328 g/mol. The highest BCUT2D eigenvalue weighted by Crippen LogP contribution is 2.50. The molecule has 2 aliphatic rings. The van der Waals surface area contributed by atoms with E-state index in [-0.39, 0.29) is 0 Å². The molecule has 0 fully saturated rings. The van der Waals surface area contributed by atoms with Gasteiger partial charge in [-0.2, -0.15) is 0 Å². The summed E-state index contributed by atoms with van der Waals surface area (Å²) < 4.78 is 12.2. The first kappa shape index (κ1) is 13.7. The Morgan fingerprint density at radius 2 is 1.19 bits per heavy atom. The molecule has 0 aliphatic carbocycles. The number of nitrogens with zero attached hydrogens (tertiary/aromatic N) is 2. The first-order valence-corrected chi connectivity index (χ1v) is 8.44. The fourth-order valence-electron chi connectivity index (χ4n) is 3.82. The fraction of sp³-hybridized carbons (Fsp3) is 0.100. The predicted octanol–water partition coefficient (Wildman–Crippen LogP) is 3.92. The number of rotatable bonds is 2. The lowest BCUT2D eigenvalue weighted by Crippen LogP contribution is -2.14. The highest BCUT2D eigenvalue weighted by atomic mass is 16.5. The zero-order valence-corrected chi connectivity index (χ0v) is 13.7. The van der Waals surface area contributed by atoms with E-state index in [1.807, 2.05) is 12.4 Å². The highest BCUT2D eigenvalue weighted by Gasteiger charge is 2.29. The second-order valence-corrected chi connectivity index (χ2v) is 6.52. The molecule has 4 aromatic rings. The van der Waals surface area contributed by atoms with Gasteiger partial charge in [-0.1, -0.05) is 0 Å². The lowest BCUT2D eigenvalue weighted by Gasteiger charge is -2.30. The van der Waals surface area contributed by atoms with Gasteiger partial charge >= 0.3 is 0 Å². The molecule has 0 spiro atoms. The molecule has 126 valence electrons. The Hall–Kier alpha value is -3.54. The van der Waals surface area contributed by atoms with Gasteiger partial charge in [0.25, 0.3) is 0 Å². The van der Waals surface area contributed by atoms with Crippen molar-refractivity contribution < 1.29 is 9.47 Å². The zero-order valence-electron chi connectivity index (χ0n) is 13.7. The Labute approximate surface area is 148 Å². The average molecular weight is 342 g/mol. The Morgan fingerprint density at radius 3 is 1.62 bits per heavy atom. The van der Waals surface area contributed by atoms with Crippen LogP contribution >= 0.6 is 0 Å². The summed E-state index contributed by atoms with van der Waals surface area (Å²) in [7, 11) is 0. The minimum atomic E-state index is 0.520. The van der Waals surface area contributed by atoms with Gasteiger partial charge in [0.05, 0.1) is 36.4 Å². The van der Waals surface area contributed by atoms with Crippen molar-refractivity contribution >= 4 is 0 Å². The minimum absolute atomic E-state index is 0.520. The minimum Gasteiger partial charge on any atom is -0.488 e. The van der Waals surface area contributed by atoms with Crippen LogP contribution in [0.3, 0.4) is 0 Å². The molecule has 26 heavy (non-hydrogen) atoms. The number of aromatic nitrogens is 4. The molecule has 2 aliphatic heterocycles. The summed E-state index contributed by atoms with van der Waals surface area (Å²) in [6, 6.07) is 8.45. The number of imidazole rings is 2. The van der Waals surface area contributed by atoms with Crippen molar-refractivity contribution in [2.24, 2.45) is 0 Å². The lowest BCUT2D eigenvalue weighted by molar-refractivity contribution is 0.278. The van der Waals surface area contributed by atoms with E-state index in [2.05, 4.69) is 44.2 Å². The van der Waals surface area contributed by atoms with E-state index in [9.17, 15) is 0 Å². The third kappa shape index (κ3) is 1.86. The Morgan fingerprint density at radius 1 is 0.692 bits per heavy atom. The standard InChI is InChI=1S/C20H14N4O2/c1-11(15-5-21-9-23-15)3-17-19-13(1)7-25-18-4-12(16-6-22-10-24-16)2-14(8-26-17)20(18)19/h1-6,9-10H,7-8H2,(H,21,23)(H,22,24). The van der Waals surface area contributed by atoms with Gasteiger partial charge in [0.2, 0.25) is 0 Å². The van der Waals surface area contributed by atoms with Crippen molar-refractivity contribution in [3.05, 3.63) is 60.4 Å². The van der Waals surface area contributed by atoms with E-state index < -0.39 is 0 Å². The van der Waals surface area contributed by atoms with Crippen molar-refractivity contribution in [2.75, 3.05) is 0 Å². The molecule has 0 bridgehead atoms. The third-order valence-electron chi connectivity index (χ3n) is 5.00. The third-order valence-corrected chi connectivity index (χ3v) is 5.00. The molecule has 2 aromatic carbocycles. The SMILES string of the molecule is c1ncc(-c2cc3c4c(c2)OCc2cc(-c5cnc[nH]5)cc(c2-4)OC3)[nH]1. The van der Waals surface area contributed by atoms with Crippen LogP contribution in [0.25, 0.3) is 33.6 Å². The zero-order chi connectivity index (χ0) is 17.1. The van der Waals surface area contributed by atoms with Crippen molar-refractivity contribution in [1.29, 1.82) is 0 Å². The summed E-state index contributed by atoms with van der Waals surface area (Å²) >= 11 is 0. The molecule has 0 saturated heterocycles. The van der Waals surface area contributed by atoms with Gasteiger partial charge in [-0.25, -0.2) is 9.97 Å². The molecule has 2 aromatic heterocycles. The smallest absolute Gasteiger partial charge is 0.128 e. The summed E-state index contributed by atoms with van der Waals surface area (Å²) in [5, 5.41) is 0. The average Bonchev–Trinajstić information content (AvgIpc) is 3.39. The summed E-state index contributed by atoms with van der Waals surface area (Å²) in [6.45, 7) is 1.04. The normalized spacial score (nSPS) is 13.7. The molecule has 0 radical (unpaired) electrons. The van der Waals surface area contributed by atoms with Crippen molar-refractivity contribution in [2.45, 2.75) is 13.2 Å². The Balaban J connectivity index is 1.56. The number of H-pyrrole nitrogens is 2. The molecule has 6 heteroatoms. The summed E-state index contributed by atoms with van der Waals surface area (Å²) in [6.07, 6.45) is 7.00. The second kappa shape index (κ2) is 4.98. The monoisotopic (exact) mass is 342 g/mol. The highest BCUT2D eigenvalue weighted by molar-refractivity contribution is 5.88. The first-order chi connectivity index (χ1) is 12.9. The largest absolute Gasteiger partial charge is 0.488 e. The lowest BCUT2D eigenvalue weighted by atomic mass is 9.87. The maximum absolute atomic E-state index is 6.12. The Kier molecular flexibility index (Phi) is 2.63.